The van der Waals surface area contributed by atoms with E-state index < -0.39 is 0 Å². The fourth-order valence-electron chi connectivity index (χ4n) is 2.50. The summed E-state index contributed by atoms with van der Waals surface area (Å²) in [6.07, 6.45) is 2.14. The fourth-order valence-corrected chi connectivity index (χ4v) is 2.50. The SMILES string of the molecule is CC(C)C1CCCN1C(=O)c1ccc(F)cc1. The average Bonchev–Trinajstić information content (AvgIpc) is 2.78. The fraction of sp³-hybridized carbons (Fsp3) is 0.500. The van der Waals surface area contributed by atoms with Gasteiger partial charge in [0.25, 0.3) is 5.91 Å². The molecular weight excluding hydrogens is 217 g/mol. The van der Waals surface area contributed by atoms with Crippen molar-refractivity contribution in [1.82, 2.24) is 4.90 Å². The molecule has 1 aliphatic heterocycles. The topological polar surface area (TPSA) is 20.3 Å². The van der Waals surface area contributed by atoms with Crippen molar-refractivity contribution in [3.8, 4) is 0 Å². The number of benzene rings is 1. The summed E-state index contributed by atoms with van der Waals surface area (Å²) in [5.41, 5.74) is 0.582. The highest BCUT2D eigenvalue weighted by atomic mass is 19.1. The van der Waals surface area contributed by atoms with Crippen LogP contribution < -0.4 is 0 Å². The van der Waals surface area contributed by atoms with Crippen molar-refractivity contribution in [3.63, 3.8) is 0 Å². The van der Waals surface area contributed by atoms with Crippen LogP contribution in [0.15, 0.2) is 24.3 Å². The van der Waals surface area contributed by atoms with Crippen molar-refractivity contribution in [2.75, 3.05) is 6.54 Å². The molecule has 0 aliphatic carbocycles. The summed E-state index contributed by atoms with van der Waals surface area (Å²) in [6, 6.07) is 6.13. The van der Waals surface area contributed by atoms with Crippen LogP contribution in [0.5, 0.6) is 0 Å². The zero-order chi connectivity index (χ0) is 12.4. The molecule has 0 bridgehead atoms. The van der Waals surface area contributed by atoms with Crippen LogP contribution in [0.2, 0.25) is 0 Å². The smallest absolute Gasteiger partial charge is 0.254 e. The number of amides is 1. The number of likely N-dealkylation sites (tertiary alicyclic amines) is 1. The van der Waals surface area contributed by atoms with Crippen molar-refractivity contribution < 1.29 is 9.18 Å². The van der Waals surface area contributed by atoms with Gasteiger partial charge in [-0.05, 0) is 43.0 Å². The van der Waals surface area contributed by atoms with Crippen LogP contribution >= 0.6 is 0 Å². The molecular formula is C14H18FNO. The lowest BCUT2D eigenvalue weighted by Gasteiger charge is -2.27. The van der Waals surface area contributed by atoms with Gasteiger partial charge >= 0.3 is 0 Å². The second-order valence-electron chi connectivity index (χ2n) is 4.96. The van der Waals surface area contributed by atoms with E-state index in [2.05, 4.69) is 13.8 Å². The highest BCUT2D eigenvalue weighted by Crippen LogP contribution is 2.25. The molecule has 3 heteroatoms. The van der Waals surface area contributed by atoms with Crippen molar-refractivity contribution in [1.29, 1.82) is 0 Å². The molecule has 17 heavy (non-hydrogen) atoms. The van der Waals surface area contributed by atoms with E-state index in [0.29, 0.717) is 17.5 Å². The van der Waals surface area contributed by atoms with E-state index in [1.54, 1.807) is 12.1 Å². The largest absolute Gasteiger partial charge is 0.335 e. The van der Waals surface area contributed by atoms with Gasteiger partial charge in [0.1, 0.15) is 5.82 Å². The number of carbonyl (C=O) groups is 1. The lowest BCUT2D eigenvalue weighted by atomic mass is 10.0. The Kier molecular flexibility index (Phi) is 3.46. The van der Waals surface area contributed by atoms with Gasteiger partial charge in [0, 0.05) is 18.2 Å². The molecule has 0 N–H and O–H groups in total. The second-order valence-corrected chi connectivity index (χ2v) is 4.96. The van der Waals surface area contributed by atoms with Crippen LogP contribution in [0.3, 0.4) is 0 Å². The Morgan fingerprint density at radius 3 is 2.59 bits per heavy atom. The Morgan fingerprint density at radius 1 is 1.35 bits per heavy atom. The van der Waals surface area contributed by atoms with E-state index in [0.717, 1.165) is 19.4 Å². The van der Waals surface area contributed by atoms with Crippen LogP contribution in [0.25, 0.3) is 0 Å². The number of carbonyl (C=O) groups excluding carboxylic acids is 1. The molecule has 2 nitrogen and oxygen atoms in total. The Morgan fingerprint density at radius 2 is 2.00 bits per heavy atom. The Labute approximate surface area is 101 Å². The molecule has 1 saturated heterocycles. The zero-order valence-corrected chi connectivity index (χ0v) is 10.3. The van der Waals surface area contributed by atoms with E-state index in [1.807, 2.05) is 4.90 Å². The summed E-state index contributed by atoms with van der Waals surface area (Å²) in [4.78, 5) is 14.2. The van der Waals surface area contributed by atoms with Crippen LogP contribution in [-0.2, 0) is 0 Å². The molecule has 0 saturated carbocycles. The molecule has 1 aliphatic rings. The minimum atomic E-state index is -0.302. The summed E-state index contributed by atoms with van der Waals surface area (Å²) < 4.78 is 12.8. The molecule has 92 valence electrons. The maximum Gasteiger partial charge on any atom is 0.254 e. The average molecular weight is 235 g/mol. The summed E-state index contributed by atoms with van der Waals surface area (Å²) in [5.74, 6) is 0.200. The molecule has 1 aromatic rings. The summed E-state index contributed by atoms with van der Waals surface area (Å²) in [7, 11) is 0. The number of rotatable bonds is 2. The minimum absolute atomic E-state index is 0.0289. The van der Waals surface area contributed by atoms with Gasteiger partial charge < -0.3 is 4.90 Å². The van der Waals surface area contributed by atoms with Gasteiger partial charge in [-0.2, -0.15) is 0 Å². The maximum absolute atomic E-state index is 12.8. The molecule has 1 fully saturated rings. The lowest BCUT2D eigenvalue weighted by molar-refractivity contribution is 0.0701. The zero-order valence-electron chi connectivity index (χ0n) is 10.3. The van der Waals surface area contributed by atoms with E-state index >= 15 is 0 Å². The Bertz CT molecular complexity index is 399. The van der Waals surface area contributed by atoms with Gasteiger partial charge in [-0.1, -0.05) is 13.8 Å². The lowest BCUT2D eigenvalue weighted by Crippen LogP contribution is -2.38. The molecule has 1 atom stereocenters. The van der Waals surface area contributed by atoms with Gasteiger partial charge in [0.15, 0.2) is 0 Å². The van der Waals surface area contributed by atoms with Gasteiger partial charge in [0.05, 0.1) is 0 Å². The standard InChI is InChI=1S/C14H18FNO/c1-10(2)13-4-3-9-16(13)14(17)11-5-7-12(15)8-6-11/h5-8,10,13H,3-4,9H2,1-2H3. The summed E-state index contributed by atoms with van der Waals surface area (Å²) in [5, 5.41) is 0. The normalized spacial score (nSPS) is 20.0. The second kappa shape index (κ2) is 4.86. The monoisotopic (exact) mass is 235 g/mol. The summed E-state index contributed by atoms with van der Waals surface area (Å²) >= 11 is 0. The molecule has 0 spiro atoms. The first-order valence-electron chi connectivity index (χ1n) is 6.16. The van der Waals surface area contributed by atoms with E-state index in [1.165, 1.54) is 12.1 Å². The minimum Gasteiger partial charge on any atom is -0.335 e. The first-order valence-corrected chi connectivity index (χ1v) is 6.16. The predicted molar refractivity (Wildman–Crippen MR) is 65.3 cm³/mol. The maximum atomic E-state index is 12.8. The first kappa shape index (κ1) is 12.1. The number of hydrogen-bond donors (Lipinski definition) is 0. The number of halogens is 1. The quantitative estimate of drug-likeness (QED) is 0.771. The predicted octanol–water partition coefficient (Wildman–Crippen LogP) is 3.09. The van der Waals surface area contributed by atoms with Crippen LogP contribution in [0.1, 0.15) is 37.0 Å². The van der Waals surface area contributed by atoms with Crippen molar-refractivity contribution in [2.45, 2.75) is 32.7 Å². The van der Waals surface area contributed by atoms with Crippen LogP contribution in [0, 0.1) is 11.7 Å². The molecule has 0 radical (unpaired) electrons. The molecule has 0 aromatic heterocycles. The Hall–Kier alpha value is -1.38. The van der Waals surface area contributed by atoms with E-state index in [4.69, 9.17) is 0 Å². The third-order valence-electron chi connectivity index (χ3n) is 3.42. The number of hydrogen-bond acceptors (Lipinski definition) is 1. The molecule has 1 heterocycles. The van der Waals surface area contributed by atoms with Crippen LogP contribution in [-0.4, -0.2) is 23.4 Å². The van der Waals surface area contributed by atoms with E-state index in [9.17, 15) is 9.18 Å². The van der Waals surface area contributed by atoms with Gasteiger partial charge in [-0.3, -0.25) is 4.79 Å². The molecule has 1 amide bonds. The third-order valence-corrected chi connectivity index (χ3v) is 3.42. The number of nitrogens with zero attached hydrogens (tertiary/aromatic N) is 1. The first-order chi connectivity index (χ1) is 8.09. The van der Waals surface area contributed by atoms with Gasteiger partial charge in [-0.15, -0.1) is 0 Å². The van der Waals surface area contributed by atoms with Crippen LogP contribution in [0.4, 0.5) is 4.39 Å². The van der Waals surface area contributed by atoms with Crippen molar-refractivity contribution >= 4 is 5.91 Å². The molecule has 1 aromatic carbocycles. The highest BCUT2D eigenvalue weighted by molar-refractivity contribution is 5.94. The third kappa shape index (κ3) is 2.48. The van der Waals surface area contributed by atoms with E-state index in [-0.39, 0.29) is 11.7 Å². The van der Waals surface area contributed by atoms with Crippen molar-refractivity contribution in [2.24, 2.45) is 5.92 Å². The van der Waals surface area contributed by atoms with Gasteiger partial charge in [0.2, 0.25) is 0 Å². The molecule has 2 rings (SSSR count). The van der Waals surface area contributed by atoms with Crippen molar-refractivity contribution in [3.05, 3.63) is 35.6 Å². The Balaban J connectivity index is 2.17. The molecule has 1 unspecified atom stereocenters. The highest BCUT2D eigenvalue weighted by Gasteiger charge is 2.31. The summed E-state index contributed by atoms with van der Waals surface area (Å²) in [6.45, 7) is 5.10. The van der Waals surface area contributed by atoms with Gasteiger partial charge in [-0.25, -0.2) is 4.39 Å².